The van der Waals surface area contributed by atoms with Crippen LogP contribution in [0, 0.1) is 5.82 Å². The molecule has 2 fully saturated rings. The minimum absolute atomic E-state index is 0.0132. The summed E-state index contributed by atoms with van der Waals surface area (Å²) >= 11 is 6.00. The Kier molecular flexibility index (Phi) is 7.29. The molecule has 0 spiro atoms. The molecule has 2 aromatic rings. The minimum Gasteiger partial charge on any atom is -0.490 e. The largest absolute Gasteiger partial charge is 0.490 e. The van der Waals surface area contributed by atoms with E-state index >= 15 is 0 Å². The van der Waals surface area contributed by atoms with Gasteiger partial charge in [0.2, 0.25) is 5.91 Å². The molecule has 1 aromatic heterocycles. The first-order valence-electron chi connectivity index (χ1n) is 11.1. The maximum Gasteiger partial charge on any atom is 0.255 e. The van der Waals surface area contributed by atoms with Crippen molar-refractivity contribution in [2.45, 2.75) is 43.9 Å². The first-order valence-corrected chi connectivity index (χ1v) is 11.4. The Morgan fingerprint density at radius 1 is 1.21 bits per heavy atom. The van der Waals surface area contributed by atoms with E-state index in [1.807, 2.05) is 4.90 Å². The molecule has 2 saturated heterocycles. The van der Waals surface area contributed by atoms with Crippen molar-refractivity contribution in [1.82, 2.24) is 15.2 Å². The van der Waals surface area contributed by atoms with Crippen LogP contribution in [-0.4, -0.2) is 59.5 Å². The van der Waals surface area contributed by atoms with Gasteiger partial charge in [0.05, 0.1) is 17.1 Å². The first kappa shape index (κ1) is 23.3. The van der Waals surface area contributed by atoms with Gasteiger partial charge in [0.1, 0.15) is 23.5 Å². The monoisotopic (exact) mass is 475 g/mol. The number of hydrogen-bond donors (Lipinski definition) is 3. The van der Waals surface area contributed by atoms with E-state index in [1.54, 1.807) is 12.1 Å². The van der Waals surface area contributed by atoms with Gasteiger partial charge in [-0.1, -0.05) is 11.6 Å². The Hall–Kier alpha value is -2.91. The fourth-order valence-electron chi connectivity index (χ4n) is 4.62. The molecule has 0 radical (unpaired) electrons. The summed E-state index contributed by atoms with van der Waals surface area (Å²) in [5, 5.41) is 6.01. The number of halogens is 2. The molecular weight excluding hydrogens is 449 g/mol. The van der Waals surface area contributed by atoms with Crippen molar-refractivity contribution in [1.29, 1.82) is 0 Å². The molecule has 2 bridgehead atoms. The van der Waals surface area contributed by atoms with Crippen LogP contribution in [0.25, 0.3) is 0 Å². The molecule has 4 N–H and O–H groups in total. The smallest absolute Gasteiger partial charge is 0.255 e. The van der Waals surface area contributed by atoms with E-state index in [4.69, 9.17) is 22.1 Å². The summed E-state index contributed by atoms with van der Waals surface area (Å²) in [4.78, 5) is 31.6. The Morgan fingerprint density at radius 2 is 1.91 bits per heavy atom. The molecule has 1 aromatic carbocycles. The summed E-state index contributed by atoms with van der Waals surface area (Å²) in [7, 11) is 0. The van der Waals surface area contributed by atoms with Crippen LogP contribution in [0.5, 0.6) is 5.75 Å². The van der Waals surface area contributed by atoms with Gasteiger partial charge in [-0.2, -0.15) is 0 Å². The highest BCUT2D eigenvalue weighted by Gasteiger charge is 2.43. The number of nitrogens with zero attached hydrogens (tertiary/aromatic N) is 2. The molecule has 2 amide bonds. The molecule has 4 rings (SSSR count). The number of carbonyl (C=O) groups excluding carboxylic acids is 2. The Morgan fingerprint density at radius 3 is 2.58 bits per heavy atom. The number of carbonyl (C=O) groups is 2. The van der Waals surface area contributed by atoms with Gasteiger partial charge >= 0.3 is 0 Å². The van der Waals surface area contributed by atoms with E-state index in [9.17, 15) is 14.0 Å². The van der Waals surface area contributed by atoms with E-state index < -0.39 is 0 Å². The minimum atomic E-state index is -0.357. The number of amides is 2. The molecule has 2 aliphatic rings. The average molecular weight is 476 g/mol. The van der Waals surface area contributed by atoms with E-state index in [0.717, 1.165) is 25.7 Å². The highest BCUT2D eigenvalue weighted by atomic mass is 35.5. The number of ether oxygens (including phenoxy) is 1. The molecule has 3 atom stereocenters. The Labute approximate surface area is 196 Å². The predicted molar refractivity (Wildman–Crippen MR) is 123 cm³/mol. The van der Waals surface area contributed by atoms with Crippen LogP contribution in [0.15, 0.2) is 36.5 Å². The Bertz CT molecular complexity index is 992. The first-order chi connectivity index (χ1) is 15.9. The summed E-state index contributed by atoms with van der Waals surface area (Å²) in [6, 6.07) is 7.70. The van der Waals surface area contributed by atoms with Crippen LogP contribution < -0.4 is 21.1 Å². The number of hydrogen-bond acceptors (Lipinski definition) is 6. The molecule has 3 heterocycles. The second-order valence-corrected chi connectivity index (χ2v) is 8.74. The van der Waals surface area contributed by atoms with Crippen molar-refractivity contribution in [3.63, 3.8) is 0 Å². The lowest BCUT2D eigenvalue weighted by atomic mass is 9.99. The maximum absolute atomic E-state index is 13.1. The summed E-state index contributed by atoms with van der Waals surface area (Å²) in [6.45, 7) is 0.648. The van der Waals surface area contributed by atoms with Crippen LogP contribution in [0.2, 0.25) is 5.02 Å². The van der Waals surface area contributed by atoms with Gasteiger partial charge in [0, 0.05) is 44.2 Å². The number of fused-ring (bicyclic) bond motifs is 2. The van der Waals surface area contributed by atoms with Gasteiger partial charge in [-0.15, -0.1) is 0 Å². The maximum atomic E-state index is 13.1. The Balaban J connectivity index is 1.36. The third kappa shape index (κ3) is 5.54. The quantitative estimate of drug-likeness (QED) is 0.541. The van der Waals surface area contributed by atoms with Crippen molar-refractivity contribution in [3.05, 3.63) is 52.9 Å². The normalized spacial score (nSPS) is 21.5. The average Bonchev–Trinajstić information content (AvgIpc) is 3.08. The third-order valence-corrected chi connectivity index (χ3v) is 6.24. The van der Waals surface area contributed by atoms with Crippen molar-refractivity contribution >= 4 is 29.2 Å². The number of nitrogens with two attached hydrogens (primary N) is 1. The van der Waals surface area contributed by atoms with E-state index in [-0.39, 0.29) is 47.9 Å². The molecular formula is C23H27ClFN5O3. The second-order valence-electron chi connectivity index (χ2n) is 8.30. The molecule has 8 nitrogen and oxygen atoms in total. The SMILES string of the molecule is NCCNC(=O)c1cc(Cl)cnc1NCC(=O)N1[C@@H]2CC[C@H]1CC(Oc1ccc(F)cc1)C2. The van der Waals surface area contributed by atoms with E-state index in [0.29, 0.717) is 29.7 Å². The van der Waals surface area contributed by atoms with Crippen molar-refractivity contribution < 1.29 is 18.7 Å². The topological polar surface area (TPSA) is 110 Å². The number of aromatic nitrogens is 1. The highest BCUT2D eigenvalue weighted by molar-refractivity contribution is 6.31. The predicted octanol–water partition coefficient (Wildman–Crippen LogP) is 2.58. The number of rotatable bonds is 8. The highest BCUT2D eigenvalue weighted by Crippen LogP contribution is 2.37. The lowest BCUT2D eigenvalue weighted by Crippen LogP contribution is -2.51. The number of pyridine rings is 1. The molecule has 0 aliphatic carbocycles. The molecule has 0 saturated carbocycles. The van der Waals surface area contributed by atoms with Gasteiger partial charge in [0.15, 0.2) is 0 Å². The summed E-state index contributed by atoms with van der Waals surface area (Å²) < 4.78 is 19.2. The summed E-state index contributed by atoms with van der Waals surface area (Å²) in [5.41, 5.74) is 5.71. The van der Waals surface area contributed by atoms with Gasteiger partial charge in [-0.3, -0.25) is 9.59 Å². The zero-order valence-corrected chi connectivity index (χ0v) is 18.9. The molecule has 10 heteroatoms. The van der Waals surface area contributed by atoms with Crippen LogP contribution in [0.3, 0.4) is 0 Å². The van der Waals surface area contributed by atoms with Crippen LogP contribution in [0.4, 0.5) is 10.2 Å². The van der Waals surface area contributed by atoms with Crippen LogP contribution in [0.1, 0.15) is 36.0 Å². The number of piperidine rings is 1. The zero-order valence-electron chi connectivity index (χ0n) is 18.1. The zero-order chi connectivity index (χ0) is 23.4. The van der Waals surface area contributed by atoms with Gasteiger partial charge in [0.25, 0.3) is 5.91 Å². The number of benzene rings is 1. The standard InChI is InChI=1S/C23H27ClFN5O3/c24-14-9-20(23(32)27-8-7-26)22(28-12-14)29-13-21(31)30-16-3-4-17(30)11-19(10-16)33-18-5-1-15(25)2-6-18/h1-2,5-6,9,12,16-17,19H,3-4,7-8,10-11,13,26H2,(H,27,32)(H,28,29)/t16-,17+,19?. The molecule has 1 unspecified atom stereocenters. The van der Waals surface area contributed by atoms with Gasteiger partial charge in [-0.25, -0.2) is 9.37 Å². The summed E-state index contributed by atoms with van der Waals surface area (Å²) in [6.07, 6.45) is 4.71. The summed E-state index contributed by atoms with van der Waals surface area (Å²) in [5.74, 6) is 0.225. The number of nitrogens with one attached hydrogen (secondary N) is 2. The lowest BCUT2D eigenvalue weighted by Gasteiger charge is -2.39. The van der Waals surface area contributed by atoms with Gasteiger partial charge in [-0.05, 0) is 43.2 Å². The molecule has 33 heavy (non-hydrogen) atoms. The molecule has 2 aliphatic heterocycles. The van der Waals surface area contributed by atoms with E-state index in [2.05, 4.69) is 15.6 Å². The third-order valence-electron chi connectivity index (χ3n) is 6.03. The fourth-order valence-corrected chi connectivity index (χ4v) is 4.78. The van der Waals surface area contributed by atoms with Crippen LogP contribution in [-0.2, 0) is 4.79 Å². The fraction of sp³-hybridized carbons (Fsp3) is 0.435. The number of anilines is 1. The van der Waals surface area contributed by atoms with Crippen molar-refractivity contribution in [2.75, 3.05) is 25.0 Å². The molecule has 176 valence electrons. The lowest BCUT2D eigenvalue weighted by molar-refractivity contribution is -0.135. The van der Waals surface area contributed by atoms with E-state index in [1.165, 1.54) is 24.4 Å². The van der Waals surface area contributed by atoms with Gasteiger partial charge < -0.3 is 26.0 Å². The van der Waals surface area contributed by atoms with Crippen LogP contribution >= 0.6 is 11.6 Å². The second kappa shape index (κ2) is 10.4. The van der Waals surface area contributed by atoms with Crippen molar-refractivity contribution in [2.24, 2.45) is 5.73 Å². The van der Waals surface area contributed by atoms with Crippen molar-refractivity contribution in [3.8, 4) is 5.75 Å².